The van der Waals surface area contributed by atoms with Gasteiger partial charge in [0.1, 0.15) is 0 Å². The van der Waals surface area contributed by atoms with Gasteiger partial charge in [-0.05, 0) is 143 Å². The van der Waals surface area contributed by atoms with Gasteiger partial charge >= 0.3 is 0 Å². The van der Waals surface area contributed by atoms with E-state index < -0.39 is 0 Å². The van der Waals surface area contributed by atoms with E-state index in [0.717, 1.165) is 22.1 Å². The topological polar surface area (TPSA) is 17.6 Å². The lowest BCUT2D eigenvalue weighted by Crippen LogP contribution is -1.95. The monoisotopic (exact) mass is 940 g/mol. The molecule has 0 amide bonds. The molecule has 320 valence electrons. The van der Waals surface area contributed by atoms with E-state index in [1.807, 2.05) is 45.3 Å². The van der Waals surface area contributed by atoms with Crippen LogP contribution in [0.3, 0.4) is 0 Å². The highest BCUT2D eigenvalue weighted by Crippen LogP contribution is 2.39. The van der Waals surface area contributed by atoms with Crippen molar-refractivity contribution >= 4 is 171 Å². The number of para-hydroxylation sites is 4. The van der Waals surface area contributed by atoms with Gasteiger partial charge in [0.15, 0.2) is 0 Å². The van der Waals surface area contributed by atoms with Crippen LogP contribution in [-0.2, 0) is 0 Å². The second-order valence-electron chi connectivity index (χ2n) is 17.4. The SMILES string of the molecule is c1ccc2c(c1)sc1cc3sc4ccccc4n4c5ccc(cc5)c5ccc(cc5)n5c6ccccc6sc6cc7sc8ccccc8n(c8ccc(cc8)c8ccc(cc8)n2c1cc34)c7cc65. The molecular formula is C60H36N4S4. The van der Waals surface area contributed by atoms with Crippen LogP contribution in [0.5, 0.6) is 0 Å². The van der Waals surface area contributed by atoms with Gasteiger partial charge in [0.2, 0.25) is 0 Å². The summed E-state index contributed by atoms with van der Waals surface area (Å²) in [6.45, 7) is 0. The molecule has 0 radical (unpaired) electrons. The molecule has 0 N–H and O–H groups in total. The molecule has 0 aliphatic rings. The standard InChI is InChI=1S/C60H36N4S4/c1-5-13-53-45(9-1)61-41-25-17-37(18-26-41)38-19-29-43(30-20-38)63-47-11-3-7-15-55(47)67-59-36-60-52(34-51(59)63)64(48-12-4-8-16-56(48)68-60)44-31-23-40(24-32-44)39-21-27-42(28-22-39)62-46-10-2-6-14-54(46)66-58-35-57(65-53)49(61)33-50(58)62/h1-36H. The van der Waals surface area contributed by atoms with Crippen molar-refractivity contribution in [1.82, 2.24) is 17.6 Å². The normalized spacial score (nSPS) is 12.1. The van der Waals surface area contributed by atoms with Crippen LogP contribution in [0.15, 0.2) is 218 Å². The van der Waals surface area contributed by atoms with Gasteiger partial charge in [-0.25, -0.2) is 0 Å². The van der Waals surface area contributed by atoms with Crippen LogP contribution in [0.4, 0.5) is 0 Å². The first-order valence-electron chi connectivity index (χ1n) is 22.7. The summed E-state index contributed by atoms with van der Waals surface area (Å²) in [6.07, 6.45) is 0. The predicted octanol–water partition coefficient (Wildman–Crippen LogP) is 18.4. The first kappa shape index (κ1) is 38.4. The third-order valence-electron chi connectivity index (χ3n) is 13.5. The van der Waals surface area contributed by atoms with Crippen molar-refractivity contribution in [3.63, 3.8) is 0 Å². The highest BCUT2D eigenvalue weighted by atomic mass is 32.1. The number of hydrogen-bond acceptors (Lipinski definition) is 4. The van der Waals surface area contributed by atoms with Gasteiger partial charge in [0, 0.05) is 22.1 Å². The molecule has 0 saturated carbocycles. The Kier molecular flexibility index (Phi) is 8.41. The largest absolute Gasteiger partial charge is 0.308 e. The summed E-state index contributed by atoms with van der Waals surface area (Å²) in [5.74, 6) is 0. The van der Waals surface area contributed by atoms with E-state index in [2.05, 4.69) is 236 Å². The molecule has 0 unspecified atom stereocenters. The number of aromatic nitrogens is 4. The molecule has 11 heterocycles. The van der Waals surface area contributed by atoms with Gasteiger partial charge < -0.3 is 17.6 Å². The summed E-state index contributed by atoms with van der Waals surface area (Å²) >= 11 is 7.44. The highest BCUT2D eigenvalue weighted by Gasteiger charge is 2.14. The fourth-order valence-electron chi connectivity index (χ4n) is 10.3. The number of benzene rings is 10. The van der Waals surface area contributed by atoms with Crippen LogP contribution < -0.4 is 0 Å². The Morgan fingerprint density at radius 2 is 0.412 bits per heavy atom. The van der Waals surface area contributed by atoms with Crippen LogP contribution in [0.25, 0.3) is 125 Å². The van der Waals surface area contributed by atoms with Crippen molar-refractivity contribution in [1.29, 1.82) is 0 Å². The Balaban J connectivity index is 1.12. The van der Waals surface area contributed by atoms with Gasteiger partial charge in [-0.15, -0.1) is 45.3 Å². The van der Waals surface area contributed by atoms with Gasteiger partial charge in [-0.1, -0.05) is 97.1 Å². The van der Waals surface area contributed by atoms with E-state index in [4.69, 9.17) is 0 Å². The van der Waals surface area contributed by atoms with E-state index in [0.29, 0.717) is 0 Å². The molecule has 10 aromatic carbocycles. The second kappa shape index (κ2) is 14.9. The predicted molar refractivity (Wildman–Crippen MR) is 299 cm³/mol. The fraction of sp³-hybridized carbons (Fsp3) is 0. The maximum atomic E-state index is 2.45. The van der Waals surface area contributed by atoms with Crippen molar-refractivity contribution in [2.24, 2.45) is 0 Å². The molecule has 0 spiro atoms. The van der Waals surface area contributed by atoms with Gasteiger partial charge in [0.05, 0.1) is 81.7 Å². The Morgan fingerprint density at radius 1 is 0.191 bits per heavy atom. The Hall–Kier alpha value is -7.72. The van der Waals surface area contributed by atoms with Crippen LogP contribution in [0.1, 0.15) is 0 Å². The molecule has 12 bridgehead atoms. The molecule has 21 aromatic rings. The molecule has 0 atom stereocenters. The lowest BCUT2D eigenvalue weighted by Gasteiger charge is -2.14. The van der Waals surface area contributed by atoms with Crippen molar-refractivity contribution < 1.29 is 0 Å². The third-order valence-corrected chi connectivity index (χ3v) is 18.0. The second-order valence-corrected chi connectivity index (χ2v) is 21.7. The minimum absolute atomic E-state index is 1.13. The Bertz CT molecular complexity index is 4200. The summed E-state index contributed by atoms with van der Waals surface area (Å²) in [4.78, 5) is 0. The van der Waals surface area contributed by atoms with E-state index in [-0.39, 0.29) is 0 Å². The zero-order chi connectivity index (χ0) is 44.5. The zero-order valence-electron chi connectivity index (χ0n) is 36.2. The summed E-state index contributed by atoms with van der Waals surface area (Å²) in [5, 5.41) is 4.71. The van der Waals surface area contributed by atoms with Crippen LogP contribution in [0, 0.1) is 0 Å². The van der Waals surface area contributed by atoms with Gasteiger partial charge in [-0.2, -0.15) is 0 Å². The molecule has 0 aliphatic carbocycles. The van der Waals surface area contributed by atoms with Gasteiger partial charge in [0.25, 0.3) is 0 Å². The molecular weight excluding hydrogens is 905 g/mol. The maximum absolute atomic E-state index is 2.45. The van der Waals surface area contributed by atoms with E-state index in [1.54, 1.807) is 0 Å². The van der Waals surface area contributed by atoms with Crippen molar-refractivity contribution in [3.05, 3.63) is 218 Å². The number of hydrogen-bond donors (Lipinski definition) is 0. The number of nitrogens with zero attached hydrogens (tertiary/aromatic N) is 4. The summed E-state index contributed by atoms with van der Waals surface area (Å²) < 4.78 is 19.8. The van der Waals surface area contributed by atoms with E-state index in [1.165, 1.54) is 103 Å². The summed E-state index contributed by atoms with van der Waals surface area (Å²) in [5.41, 5.74) is 14.0. The van der Waals surface area contributed by atoms with Crippen molar-refractivity contribution in [3.8, 4) is 0 Å². The van der Waals surface area contributed by atoms with E-state index >= 15 is 0 Å². The van der Waals surface area contributed by atoms with Crippen molar-refractivity contribution in [2.45, 2.75) is 0 Å². The molecule has 68 heavy (non-hydrogen) atoms. The van der Waals surface area contributed by atoms with Gasteiger partial charge in [-0.3, -0.25) is 0 Å². The highest BCUT2D eigenvalue weighted by molar-refractivity contribution is 7.27. The molecule has 4 nitrogen and oxygen atoms in total. The number of fused-ring (bicyclic) bond motifs is 4. The Morgan fingerprint density at radius 3 is 0.647 bits per heavy atom. The maximum Gasteiger partial charge on any atom is 0.0656 e. The third kappa shape index (κ3) is 5.88. The molecule has 21 rings (SSSR count). The lowest BCUT2D eigenvalue weighted by atomic mass is 10.1. The minimum Gasteiger partial charge on any atom is -0.308 e. The molecule has 11 aromatic heterocycles. The molecule has 0 fully saturated rings. The van der Waals surface area contributed by atoms with Crippen LogP contribution in [0.2, 0.25) is 0 Å². The smallest absolute Gasteiger partial charge is 0.0656 e. The van der Waals surface area contributed by atoms with E-state index in [9.17, 15) is 0 Å². The first-order valence-corrected chi connectivity index (χ1v) is 26.0. The average molecular weight is 941 g/mol. The number of rotatable bonds is 0. The quantitative estimate of drug-likeness (QED) is 0.135. The minimum atomic E-state index is 1.13. The van der Waals surface area contributed by atoms with Crippen molar-refractivity contribution in [2.75, 3.05) is 0 Å². The van der Waals surface area contributed by atoms with Crippen LogP contribution in [-0.4, -0.2) is 17.6 Å². The zero-order valence-corrected chi connectivity index (χ0v) is 39.5. The summed E-state index contributed by atoms with van der Waals surface area (Å²) in [6, 6.07) is 81.4. The average Bonchev–Trinajstić information content (AvgIpc) is 3.39. The summed E-state index contributed by atoms with van der Waals surface area (Å²) in [7, 11) is 0. The first-order chi connectivity index (χ1) is 33.7. The molecule has 8 heteroatoms. The molecule has 0 aliphatic heterocycles. The Labute approximate surface area is 403 Å². The fourth-order valence-corrected chi connectivity index (χ4v) is 14.8. The van der Waals surface area contributed by atoms with Crippen LogP contribution >= 0.6 is 45.3 Å². The molecule has 0 saturated heterocycles. The lowest BCUT2D eigenvalue weighted by molar-refractivity contribution is 1.30.